The van der Waals surface area contributed by atoms with Gasteiger partial charge in [-0.1, -0.05) is 6.07 Å². The molecule has 0 aliphatic carbocycles. The molecule has 0 radical (unpaired) electrons. The molecule has 0 bridgehead atoms. The summed E-state index contributed by atoms with van der Waals surface area (Å²) in [4.78, 5) is 0. The average Bonchev–Trinajstić information content (AvgIpc) is 2.61. The second kappa shape index (κ2) is 5.11. The Balaban J connectivity index is 2.52. The Kier molecular flexibility index (Phi) is 3.68. The lowest BCUT2D eigenvalue weighted by Crippen LogP contribution is -2.29. The highest BCUT2D eigenvalue weighted by atomic mass is 19.2. The van der Waals surface area contributed by atoms with Crippen LogP contribution in [0.15, 0.2) is 22.6 Å². The van der Waals surface area contributed by atoms with Crippen molar-refractivity contribution in [2.75, 3.05) is 0 Å². The van der Waals surface area contributed by atoms with E-state index in [4.69, 9.17) is 10.3 Å². The van der Waals surface area contributed by atoms with Crippen LogP contribution < -0.4 is 11.3 Å². The fourth-order valence-electron chi connectivity index (χ4n) is 2.27. The summed E-state index contributed by atoms with van der Waals surface area (Å²) in [7, 11) is 0. The summed E-state index contributed by atoms with van der Waals surface area (Å²) >= 11 is 0. The van der Waals surface area contributed by atoms with E-state index in [2.05, 4.69) is 5.43 Å². The van der Waals surface area contributed by atoms with Gasteiger partial charge in [0.15, 0.2) is 11.6 Å². The largest absolute Gasteiger partial charge is 0.466 e. The van der Waals surface area contributed by atoms with Crippen LogP contribution in [-0.4, -0.2) is 0 Å². The number of furan rings is 1. The first-order valence-corrected chi connectivity index (χ1v) is 5.93. The summed E-state index contributed by atoms with van der Waals surface area (Å²) in [5.41, 5.74) is 4.98. The minimum Gasteiger partial charge on any atom is -0.466 e. The molecule has 1 atom stereocenters. The number of hydrogen-bond acceptors (Lipinski definition) is 3. The van der Waals surface area contributed by atoms with E-state index in [1.54, 1.807) is 0 Å². The normalized spacial score (nSPS) is 12.7. The van der Waals surface area contributed by atoms with E-state index in [1.165, 1.54) is 6.07 Å². The van der Waals surface area contributed by atoms with Gasteiger partial charge < -0.3 is 4.42 Å². The van der Waals surface area contributed by atoms with Crippen LogP contribution in [0.5, 0.6) is 0 Å². The van der Waals surface area contributed by atoms with Gasteiger partial charge in [0.2, 0.25) is 0 Å². The lowest BCUT2D eigenvalue weighted by atomic mass is 9.96. The number of hydrogen-bond donors (Lipinski definition) is 2. The average molecular weight is 266 g/mol. The van der Waals surface area contributed by atoms with Crippen molar-refractivity contribution >= 4 is 0 Å². The van der Waals surface area contributed by atoms with Gasteiger partial charge >= 0.3 is 0 Å². The second-order valence-corrected chi connectivity index (χ2v) is 4.53. The van der Waals surface area contributed by atoms with Crippen LogP contribution in [0, 0.1) is 32.4 Å². The Bertz CT molecular complexity index is 608. The Morgan fingerprint density at radius 1 is 1.11 bits per heavy atom. The molecule has 2 rings (SSSR count). The van der Waals surface area contributed by atoms with Crippen molar-refractivity contribution in [3.8, 4) is 0 Å². The van der Waals surface area contributed by atoms with Crippen molar-refractivity contribution < 1.29 is 13.2 Å². The molecule has 5 heteroatoms. The SMILES string of the molecule is Cc1oc(C)c(C(NN)c2ccc(F)c(F)c2)c1C. The maximum atomic E-state index is 13.3. The maximum Gasteiger partial charge on any atom is 0.159 e. The molecule has 0 aliphatic heterocycles. The molecule has 1 unspecified atom stereocenters. The zero-order valence-electron chi connectivity index (χ0n) is 11.1. The van der Waals surface area contributed by atoms with Crippen LogP contribution in [-0.2, 0) is 0 Å². The molecule has 0 aliphatic rings. The molecule has 0 amide bonds. The van der Waals surface area contributed by atoms with Gasteiger partial charge in [0, 0.05) is 5.56 Å². The molecule has 0 fully saturated rings. The summed E-state index contributed by atoms with van der Waals surface area (Å²) in [5, 5.41) is 0. The molecular weight excluding hydrogens is 250 g/mol. The second-order valence-electron chi connectivity index (χ2n) is 4.53. The lowest BCUT2D eigenvalue weighted by molar-refractivity contribution is 0.491. The molecule has 1 heterocycles. The van der Waals surface area contributed by atoms with Crippen LogP contribution >= 0.6 is 0 Å². The van der Waals surface area contributed by atoms with Crippen LogP contribution in [0.3, 0.4) is 0 Å². The van der Waals surface area contributed by atoms with Gasteiger partial charge in [-0.2, -0.15) is 0 Å². The summed E-state index contributed by atoms with van der Waals surface area (Å²) in [5.74, 6) is 5.29. The third-order valence-electron chi connectivity index (χ3n) is 3.35. The molecule has 3 N–H and O–H groups in total. The Morgan fingerprint density at radius 2 is 1.79 bits per heavy atom. The highest BCUT2D eigenvalue weighted by Gasteiger charge is 2.22. The number of nitrogens with two attached hydrogens (primary N) is 1. The number of rotatable bonds is 3. The molecule has 1 aromatic carbocycles. The van der Waals surface area contributed by atoms with Gasteiger partial charge in [-0.25, -0.2) is 14.2 Å². The van der Waals surface area contributed by atoms with Gasteiger partial charge in [-0.3, -0.25) is 5.84 Å². The van der Waals surface area contributed by atoms with Gasteiger partial charge in [-0.15, -0.1) is 0 Å². The Hall–Kier alpha value is -1.72. The van der Waals surface area contributed by atoms with E-state index in [0.717, 1.165) is 29.0 Å². The van der Waals surface area contributed by atoms with Gasteiger partial charge in [0.05, 0.1) is 6.04 Å². The van der Waals surface area contributed by atoms with Crippen molar-refractivity contribution in [1.82, 2.24) is 5.43 Å². The van der Waals surface area contributed by atoms with E-state index in [9.17, 15) is 8.78 Å². The number of hydrazine groups is 1. The predicted octanol–water partition coefficient (Wildman–Crippen LogP) is 3.04. The topological polar surface area (TPSA) is 51.2 Å². The smallest absolute Gasteiger partial charge is 0.159 e. The Morgan fingerprint density at radius 3 is 2.26 bits per heavy atom. The first kappa shape index (κ1) is 13.7. The van der Waals surface area contributed by atoms with Crippen LogP contribution in [0.25, 0.3) is 0 Å². The standard InChI is InChI=1S/C14H16F2N2O/c1-7-8(2)19-9(3)13(7)14(18-17)10-4-5-11(15)12(16)6-10/h4-6,14,18H,17H2,1-3H3. The van der Waals surface area contributed by atoms with Crippen molar-refractivity contribution in [3.63, 3.8) is 0 Å². The molecule has 19 heavy (non-hydrogen) atoms. The first-order chi connectivity index (χ1) is 8.95. The van der Waals surface area contributed by atoms with Gasteiger partial charge in [-0.05, 0) is 44.0 Å². The molecule has 102 valence electrons. The summed E-state index contributed by atoms with van der Waals surface area (Å²) in [6, 6.07) is 3.30. The van der Waals surface area contributed by atoms with Crippen molar-refractivity contribution in [2.24, 2.45) is 5.84 Å². The molecule has 2 aromatic rings. The molecule has 0 saturated heterocycles. The minimum atomic E-state index is -0.895. The van der Waals surface area contributed by atoms with Crippen LogP contribution in [0.2, 0.25) is 0 Å². The lowest BCUT2D eigenvalue weighted by Gasteiger charge is -2.17. The highest BCUT2D eigenvalue weighted by Crippen LogP contribution is 2.31. The third kappa shape index (κ3) is 2.39. The highest BCUT2D eigenvalue weighted by molar-refractivity contribution is 5.40. The zero-order chi connectivity index (χ0) is 14.2. The first-order valence-electron chi connectivity index (χ1n) is 5.93. The molecular formula is C14H16F2N2O. The third-order valence-corrected chi connectivity index (χ3v) is 3.35. The van der Waals surface area contributed by atoms with E-state index in [-0.39, 0.29) is 0 Å². The van der Waals surface area contributed by atoms with E-state index in [0.29, 0.717) is 11.3 Å². The minimum absolute atomic E-state index is 0.437. The van der Waals surface area contributed by atoms with E-state index >= 15 is 0 Å². The van der Waals surface area contributed by atoms with E-state index < -0.39 is 17.7 Å². The van der Waals surface area contributed by atoms with Crippen LogP contribution in [0.1, 0.15) is 34.3 Å². The van der Waals surface area contributed by atoms with Crippen molar-refractivity contribution in [1.29, 1.82) is 0 Å². The van der Waals surface area contributed by atoms with Crippen LogP contribution in [0.4, 0.5) is 8.78 Å². The number of benzene rings is 1. The van der Waals surface area contributed by atoms with Gasteiger partial charge in [0.1, 0.15) is 11.5 Å². The predicted molar refractivity (Wildman–Crippen MR) is 68.4 cm³/mol. The Labute approximate surface area is 110 Å². The number of aryl methyl sites for hydroxylation is 2. The van der Waals surface area contributed by atoms with Crippen molar-refractivity contribution in [3.05, 3.63) is 58.0 Å². The maximum absolute atomic E-state index is 13.3. The molecule has 1 aromatic heterocycles. The molecule has 0 saturated carbocycles. The number of halogens is 2. The van der Waals surface area contributed by atoms with Gasteiger partial charge in [0.25, 0.3) is 0 Å². The monoisotopic (exact) mass is 266 g/mol. The van der Waals surface area contributed by atoms with Crippen molar-refractivity contribution in [2.45, 2.75) is 26.8 Å². The summed E-state index contributed by atoms with van der Waals surface area (Å²) in [6.07, 6.45) is 0. The quantitative estimate of drug-likeness (QED) is 0.663. The number of nitrogens with one attached hydrogen (secondary N) is 1. The summed E-state index contributed by atoms with van der Waals surface area (Å²) in [6.45, 7) is 5.58. The fourth-order valence-corrected chi connectivity index (χ4v) is 2.27. The molecule has 3 nitrogen and oxygen atoms in total. The summed E-state index contributed by atoms with van der Waals surface area (Å²) < 4.78 is 31.9. The molecule has 0 spiro atoms. The van der Waals surface area contributed by atoms with E-state index in [1.807, 2.05) is 20.8 Å². The fraction of sp³-hybridized carbons (Fsp3) is 0.286. The zero-order valence-corrected chi connectivity index (χ0v) is 11.1.